The molecule has 7 heteroatoms. The Morgan fingerprint density at radius 1 is 1.04 bits per heavy atom. The first-order valence-electron chi connectivity index (χ1n) is 7.12. The van der Waals surface area contributed by atoms with Gasteiger partial charge in [-0.25, -0.2) is 8.42 Å². The van der Waals surface area contributed by atoms with Crippen molar-refractivity contribution >= 4 is 27.3 Å². The highest BCUT2D eigenvalue weighted by Gasteiger charge is 2.23. The van der Waals surface area contributed by atoms with E-state index in [1.807, 2.05) is 12.1 Å². The van der Waals surface area contributed by atoms with Crippen molar-refractivity contribution in [2.75, 3.05) is 29.1 Å². The second-order valence-electron chi connectivity index (χ2n) is 5.22. The molecule has 0 spiro atoms. The first-order valence-corrected chi connectivity index (χ1v) is 8.97. The molecule has 0 saturated heterocycles. The van der Waals surface area contributed by atoms with Crippen LogP contribution in [-0.4, -0.2) is 34.2 Å². The molecule has 0 heterocycles. The molecule has 2 rings (SSSR count). The van der Waals surface area contributed by atoms with E-state index in [1.54, 1.807) is 31.3 Å². The van der Waals surface area contributed by atoms with Gasteiger partial charge in [0, 0.05) is 12.7 Å². The summed E-state index contributed by atoms with van der Waals surface area (Å²) in [5, 5.41) is 8.83. The zero-order chi connectivity index (χ0) is 17.7. The van der Waals surface area contributed by atoms with Crippen LogP contribution in [0.25, 0.3) is 0 Å². The predicted molar refractivity (Wildman–Crippen MR) is 93.2 cm³/mol. The third kappa shape index (κ3) is 4.12. The van der Waals surface area contributed by atoms with Crippen molar-refractivity contribution in [2.45, 2.75) is 0 Å². The van der Waals surface area contributed by atoms with Gasteiger partial charge in [-0.05, 0) is 36.4 Å². The summed E-state index contributed by atoms with van der Waals surface area (Å²) in [5.74, 6) is -0.365. The second-order valence-corrected chi connectivity index (χ2v) is 7.12. The molecule has 24 heavy (non-hydrogen) atoms. The average Bonchev–Trinajstić information content (AvgIpc) is 2.58. The highest BCUT2D eigenvalue weighted by Crippen LogP contribution is 2.19. The highest BCUT2D eigenvalue weighted by molar-refractivity contribution is 7.92. The molecular weight excluding hydrogens is 326 g/mol. The lowest BCUT2D eigenvalue weighted by Crippen LogP contribution is -2.41. The number of sulfonamides is 1. The molecule has 0 aliphatic rings. The SMILES string of the molecule is CN(C(=O)CN(c1ccc(C#N)cc1)S(C)(=O)=O)c1ccccc1. The van der Waals surface area contributed by atoms with E-state index < -0.39 is 10.0 Å². The number of para-hydroxylation sites is 1. The van der Waals surface area contributed by atoms with Crippen LogP contribution in [0.4, 0.5) is 11.4 Å². The molecule has 0 saturated carbocycles. The minimum atomic E-state index is -3.65. The van der Waals surface area contributed by atoms with Gasteiger partial charge in [0.2, 0.25) is 15.9 Å². The number of hydrogen-bond acceptors (Lipinski definition) is 4. The lowest BCUT2D eigenvalue weighted by Gasteiger charge is -2.25. The maximum absolute atomic E-state index is 12.5. The summed E-state index contributed by atoms with van der Waals surface area (Å²) in [6, 6.07) is 17.0. The van der Waals surface area contributed by atoms with Crippen molar-refractivity contribution in [1.29, 1.82) is 5.26 Å². The quantitative estimate of drug-likeness (QED) is 0.831. The van der Waals surface area contributed by atoms with Gasteiger partial charge in [-0.15, -0.1) is 0 Å². The van der Waals surface area contributed by atoms with Gasteiger partial charge in [-0.2, -0.15) is 5.26 Å². The Labute approximate surface area is 141 Å². The summed E-state index contributed by atoms with van der Waals surface area (Å²) in [6.07, 6.45) is 1.04. The number of amides is 1. The van der Waals surface area contributed by atoms with Gasteiger partial charge in [0.15, 0.2) is 0 Å². The number of carbonyl (C=O) groups excluding carboxylic acids is 1. The molecule has 0 N–H and O–H groups in total. The van der Waals surface area contributed by atoms with Gasteiger partial charge >= 0.3 is 0 Å². The number of nitrogens with zero attached hydrogens (tertiary/aromatic N) is 3. The van der Waals surface area contributed by atoms with Crippen molar-refractivity contribution in [1.82, 2.24) is 0 Å². The van der Waals surface area contributed by atoms with E-state index in [2.05, 4.69) is 0 Å². The maximum atomic E-state index is 12.5. The standard InChI is InChI=1S/C17H17N3O3S/c1-19(15-6-4-3-5-7-15)17(21)13-20(24(2,22)23)16-10-8-14(12-18)9-11-16/h3-11H,13H2,1-2H3. The van der Waals surface area contributed by atoms with Crippen LogP contribution < -0.4 is 9.21 Å². The van der Waals surface area contributed by atoms with Crippen LogP contribution in [0.5, 0.6) is 0 Å². The topological polar surface area (TPSA) is 81.5 Å². The monoisotopic (exact) mass is 343 g/mol. The molecule has 0 atom stereocenters. The number of likely N-dealkylation sites (N-methyl/N-ethyl adjacent to an activating group) is 1. The number of hydrogen-bond donors (Lipinski definition) is 0. The summed E-state index contributed by atoms with van der Waals surface area (Å²) in [5.41, 5.74) is 1.43. The summed E-state index contributed by atoms with van der Waals surface area (Å²) in [6.45, 7) is -0.323. The molecule has 1 amide bonds. The first-order chi connectivity index (χ1) is 11.3. The van der Waals surface area contributed by atoms with Crippen molar-refractivity contribution < 1.29 is 13.2 Å². The Hall–Kier alpha value is -2.85. The molecule has 6 nitrogen and oxygen atoms in total. The number of carbonyl (C=O) groups is 1. The van der Waals surface area contributed by atoms with Crippen LogP contribution in [-0.2, 0) is 14.8 Å². The maximum Gasteiger partial charge on any atom is 0.247 e. The zero-order valence-electron chi connectivity index (χ0n) is 13.4. The third-order valence-electron chi connectivity index (χ3n) is 3.48. The number of benzene rings is 2. The van der Waals surface area contributed by atoms with E-state index in [0.29, 0.717) is 16.9 Å². The molecule has 124 valence electrons. The first kappa shape index (κ1) is 17.5. The largest absolute Gasteiger partial charge is 0.314 e. The van der Waals surface area contributed by atoms with Crippen LogP contribution in [0.1, 0.15) is 5.56 Å². The van der Waals surface area contributed by atoms with Gasteiger partial charge in [0.25, 0.3) is 0 Å². The van der Waals surface area contributed by atoms with Gasteiger partial charge in [-0.3, -0.25) is 9.10 Å². The van der Waals surface area contributed by atoms with Crippen molar-refractivity contribution in [2.24, 2.45) is 0 Å². The van der Waals surface area contributed by atoms with Crippen molar-refractivity contribution in [3.63, 3.8) is 0 Å². The smallest absolute Gasteiger partial charge is 0.247 e. The highest BCUT2D eigenvalue weighted by atomic mass is 32.2. The van der Waals surface area contributed by atoms with E-state index in [0.717, 1.165) is 10.6 Å². The Morgan fingerprint density at radius 2 is 1.62 bits per heavy atom. The van der Waals surface area contributed by atoms with Gasteiger partial charge in [0.1, 0.15) is 6.54 Å². The fourth-order valence-electron chi connectivity index (χ4n) is 2.13. The fourth-order valence-corrected chi connectivity index (χ4v) is 2.98. The number of anilines is 2. The zero-order valence-corrected chi connectivity index (χ0v) is 14.2. The van der Waals surface area contributed by atoms with E-state index in [9.17, 15) is 13.2 Å². The average molecular weight is 343 g/mol. The lowest BCUT2D eigenvalue weighted by atomic mass is 10.2. The van der Waals surface area contributed by atoms with Crippen LogP contribution in [0.3, 0.4) is 0 Å². The summed E-state index contributed by atoms with van der Waals surface area (Å²) in [7, 11) is -2.05. The molecule has 0 radical (unpaired) electrons. The molecule has 0 unspecified atom stereocenters. The molecule has 0 fully saturated rings. The van der Waals surface area contributed by atoms with E-state index in [1.165, 1.54) is 29.2 Å². The Bertz CT molecular complexity index is 856. The van der Waals surface area contributed by atoms with Gasteiger partial charge in [-0.1, -0.05) is 18.2 Å². The number of rotatable bonds is 5. The molecule has 0 aliphatic heterocycles. The van der Waals surface area contributed by atoms with E-state index in [4.69, 9.17) is 5.26 Å². The molecular formula is C17H17N3O3S. The molecule has 2 aromatic rings. The second kappa shape index (κ2) is 7.15. The normalized spacial score (nSPS) is 10.7. The lowest BCUT2D eigenvalue weighted by molar-refractivity contribution is -0.116. The Morgan fingerprint density at radius 3 is 2.12 bits per heavy atom. The number of nitriles is 1. The fraction of sp³-hybridized carbons (Fsp3) is 0.176. The van der Waals surface area contributed by atoms with Gasteiger partial charge in [0.05, 0.1) is 23.6 Å². The summed E-state index contributed by atoms with van der Waals surface area (Å²) < 4.78 is 25.2. The minimum Gasteiger partial charge on any atom is -0.314 e. The van der Waals surface area contributed by atoms with Crippen LogP contribution in [0, 0.1) is 11.3 Å². The third-order valence-corrected chi connectivity index (χ3v) is 4.62. The Kier molecular flexibility index (Phi) is 5.21. The van der Waals surface area contributed by atoms with Gasteiger partial charge < -0.3 is 4.90 Å². The van der Waals surface area contributed by atoms with Crippen LogP contribution in [0.2, 0.25) is 0 Å². The van der Waals surface area contributed by atoms with Crippen molar-refractivity contribution in [3.8, 4) is 6.07 Å². The minimum absolute atomic E-state index is 0.323. The van der Waals surface area contributed by atoms with Crippen LogP contribution >= 0.6 is 0 Å². The summed E-state index contributed by atoms with van der Waals surface area (Å²) >= 11 is 0. The van der Waals surface area contributed by atoms with Crippen molar-refractivity contribution in [3.05, 3.63) is 60.2 Å². The molecule has 2 aromatic carbocycles. The summed E-state index contributed by atoms with van der Waals surface area (Å²) in [4.78, 5) is 13.9. The molecule has 0 aliphatic carbocycles. The van der Waals surface area contributed by atoms with Crippen LogP contribution in [0.15, 0.2) is 54.6 Å². The molecule has 0 bridgehead atoms. The predicted octanol–water partition coefficient (Wildman–Crippen LogP) is 1.99. The Balaban J connectivity index is 2.26. The van der Waals surface area contributed by atoms with E-state index >= 15 is 0 Å². The van der Waals surface area contributed by atoms with E-state index in [-0.39, 0.29) is 12.5 Å². The molecule has 0 aromatic heterocycles.